The van der Waals surface area contributed by atoms with E-state index in [0.29, 0.717) is 5.02 Å². The molecule has 4 aromatic rings. The van der Waals surface area contributed by atoms with E-state index in [-0.39, 0.29) is 5.38 Å². The van der Waals surface area contributed by atoms with Gasteiger partial charge in [0.2, 0.25) is 0 Å². The number of alkyl halides is 1. The molecule has 0 saturated carbocycles. The van der Waals surface area contributed by atoms with Crippen LogP contribution in [0.5, 0.6) is 0 Å². The number of H-pyrrole nitrogens is 2. The molecule has 0 saturated heterocycles. The zero-order valence-electron chi connectivity index (χ0n) is 15.2. The monoisotopic (exact) mass is 483 g/mol. The third-order valence-corrected chi connectivity index (χ3v) is 6.13. The standard InChI is InChI=1S/C23H16BrCl2N3/c24-15-5-10-20-18(11-15)19(12-27-20)23-28-21(13-1-6-16(25)7-2-13)22(29-23)14-3-8-17(26)9-4-14/h1-8,10-12,17,27H,9H2,(H,28,29). The molecule has 2 N–H and O–H groups in total. The Labute approximate surface area is 186 Å². The van der Waals surface area contributed by atoms with Crippen LogP contribution >= 0.6 is 39.1 Å². The fourth-order valence-electron chi connectivity index (χ4n) is 3.59. The van der Waals surface area contributed by atoms with Crippen molar-refractivity contribution in [3.05, 3.63) is 82.1 Å². The van der Waals surface area contributed by atoms with Gasteiger partial charge in [-0.1, -0.05) is 57.9 Å². The quantitative estimate of drug-likeness (QED) is 0.289. The highest BCUT2D eigenvalue weighted by atomic mass is 79.9. The number of hydrogen-bond acceptors (Lipinski definition) is 1. The summed E-state index contributed by atoms with van der Waals surface area (Å²) < 4.78 is 1.03. The third-order valence-electron chi connectivity index (χ3n) is 5.06. The molecule has 29 heavy (non-hydrogen) atoms. The van der Waals surface area contributed by atoms with E-state index in [4.69, 9.17) is 28.2 Å². The maximum Gasteiger partial charge on any atom is 0.140 e. The molecule has 5 rings (SSSR count). The molecule has 144 valence electrons. The smallest absolute Gasteiger partial charge is 0.140 e. The SMILES string of the molecule is Clc1ccc(-c2[nH]c(-c3c[nH]c4ccc(Br)cc34)nc2C2=CCC(Cl)C=C2)cc1. The lowest BCUT2D eigenvalue weighted by Gasteiger charge is -2.10. The number of benzene rings is 2. The number of aromatic amines is 2. The Bertz CT molecular complexity index is 1270. The molecule has 0 spiro atoms. The second-order valence-electron chi connectivity index (χ2n) is 6.98. The van der Waals surface area contributed by atoms with E-state index in [1.165, 1.54) is 0 Å². The summed E-state index contributed by atoms with van der Waals surface area (Å²) in [5.41, 5.74) is 6.06. The summed E-state index contributed by atoms with van der Waals surface area (Å²) in [4.78, 5) is 11.9. The Morgan fingerprint density at radius 1 is 1.10 bits per heavy atom. The summed E-state index contributed by atoms with van der Waals surface area (Å²) in [6.07, 6.45) is 8.98. The maximum absolute atomic E-state index is 6.23. The average molecular weight is 485 g/mol. The first kappa shape index (κ1) is 18.7. The van der Waals surface area contributed by atoms with Gasteiger partial charge in [0, 0.05) is 37.7 Å². The number of nitrogens with one attached hydrogen (secondary N) is 2. The molecule has 1 aliphatic carbocycles. The van der Waals surface area contributed by atoms with Crippen LogP contribution in [0, 0.1) is 0 Å². The predicted octanol–water partition coefficient (Wildman–Crippen LogP) is 7.59. The first-order valence-corrected chi connectivity index (χ1v) is 10.8. The Kier molecular flexibility index (Phi) is 4.86. The molecular weight excluding hydrogens is 469 g/mol. The van der Waals surface area contributed by atoms with Crippen LogP contribution in [0.25, 0.3) is 39.1 Å². The zero-order valence-corrected chi connectivity index (χ0v) is 18.3. The van der Waals surface area contributed by atoms with E-state index < -0.39 is 0 Å². The largest absolute Gasteiger partial charge is 0.360 e. The average Bonchev–Trinajstić information content (AvgIpc) is 3.33. The Balaban J connectivity index is 1.69. The molecular formula is C23H16BrCl2N3. The normalized spacial score (nSPS) is 16.4. The number of aromatic nitrogens is 3. The summed E-state index contributed by atoms with van der Waals surface area (Å²) in [6, 6.07) is 14.0. The van der Waals surface area contributed by atoms with Crippen LogP contribution in [0.15, 0.2) is 71.4 Å². The van der Waals surface area contributed by atoms with E-state index in [1.54, 1.807) is 0 Å². The first-order valence-electron chi connectivity index (χ1n) is 9.24. The lowest BCUT2D eigenvalue weighted by molar-refractivity contribution is 1.05. The number of fused-ring (bicyclic) bond motifs is 1. The van der Waals surface area contributed by atoms with Crippen LogP contribution in [0.4, 0.5) is 0 Å². The van der Waals surface area contributed by atoms with Gasteiger partial charge in [0.25, 0.3) is 0 Å². The molecule has 0 amide bonds. The van der Waals surface area contributed by atoms with E-state index in [2.05, 4.69) is 44.1 Å². The van der Waals surface area contributed by atoms with Crippen molar-refractivity contribution in [2.75, 3.05) is 0 Å². The molecule has 3 nitrogen and oxygen atoms in total. The highest BCUT2D eigenvalue weighted by Crippen LogP contribution is 2.36. The minimum atomic E-state index is 0.0297. The van der Waals surface area contributed by atoms with E-state index in [0.717, 1.165) is 55.7 Å². The topological polar surface area (TPSA) is 44.5 Å². The van der Waals surface area contributed by atoms with Crippen LogP contribution in [-0.4, -0.2) is 20.3 Å². The summed E-state index contributed by atoms with van der Waals surface area (Å²) in [6.45, 7) is 0. The van der Waals surface area contributed by atoms with Gasteiger partial charge in [-0.3, -0.25) is 0 Å². The number of allylic oxidation sites excluding steroid dienone is 4. The van der Waals surface area contributed by atoms with Gasteiger partial charge >= 0.3 is 0 Å². The number of hydrogen-bond donors (Lipinski definition) is 2. The van der Waals surface area contributed by atoms with Crippen molar-refractivity contribution in [2.24, 2.45) is 0 Å². The van der Waals surface area contributed by atoms with Gasteiger partial charge in [-0.25, -0.2) is 4.98 Å². The third kappa shape index (κ3) is 3.57. The molecule has 0 radical (unpaired) electrons. The van der Waals surface area contributed by atoms with Crippen molar-refractivity contribution >= 4 is 55.6 Å². The fourth-order valence-corrected chi connectivity index (χ4v) is 4.24. The summed E-state index contributed by atoms with van der Waals surface area (Å²) in [7, 11) is 0. The molecule has 2 aromatic carbocycles. The summed E-state index contributed by atoms with van der Waals surface area (Å²) >= 11 is 15.9. The van der Waals surface area contributed by atoms with Crippen LogP contribution < -0.4 is 0 Å². The molecule has 2 aromatic heterocycles. The molecule has 1 aliphatic rings. The van der Waals surface area contributed by atoms with Crippen LogP contribution in [-0.2, 0) is 0 Å². The van der Waals surface area contributed by atoms with Crippen molar-refractivity contribution in [1.29, 1.82) is 0 Å². The molecule has 2 heterocycles. The van der Waals surface area contributed by atoms with Crippen molar-refractivity contribution in [2.45, 2.75) is 11.8 Å². The van der Waals surface area contributed by atoms with Gasteiger partial charge in [0.05, 0.1) is 16.8 Å². The van der Waals surface area contributed by atoms with Crippen molar-refractivity contribution < 1.29 is 0 Å². The summed E-state index contributed by atoms with van der Waals surface area (Å²) in [5, 5.41) is 1.84. The van der Waals surface area contributed by atoms with Gasteiger partial charge in [0.15, 0.2) is 0 Å². The fraction of sp³-hybridized carbons (Fsp3) is 0.0870. The van der Waals surface area contributed by atoms with Gasteiger partial charge in [-0.2, -0.15) is 0 Å². The molecule has 0 aliphatic heterocycles. The van der Waals surface area contributed by atoms with Crippen LogP contribution in [0.1, 0.15) is 12.1 Å². The highest BCUT2D eigenvalue weighted by Gasteiger charge is 2.19. The van der Waals surface area contributed by atoms with Crippen molar-refractivity contribution in [3.8, 4) is 22.6 Å². The molecule has 0 bridgehead atoms. The lowest BCUT2D eigenvalue weighted by atomic mass is 10.00. The number of nitrogens with zero attached hydrogens (tertiary/aromatic N) is 1. The molecule has 1 atom stereocenters. The molecule has 0 fully saturated rings. The second-order valence-corrected chi connectivity index (χ2v) is 8.89. The van der Waals surface area contributed by atoms with Crippen molar-refractivity contribution in [1.82, 2.24) is 15.0 Å². The highest BCUT2D eigenvalue weighted by molar-refractivity contribution is 9.10. The van der Waals surface area contributed by atoms with E-state index >= 15 is 0 Å². The second kappa shape index (κ2) is 7.52. The van der Waals surface area contributed by atoms with Crippen LogP contribution in [0.2, 0.25) is 5.02 Å². The van der Waals surface area contributed by atoms with Gasteiger partial charge in [0.1, 0.15) is 5.82 Å². The first-order chi connectivity index (χ1) is 14.1. The van der Waals surface area contributed by atoms with E-state index in [9.17, 15) is 0 Å². The van der Waals surface area contributed by atoms with Gasteiger partial charge in [-0.15, -0.1) is 11.6 Å². The maximum atomic E-state index is 6.23. The van der Waals surface area contributed by atoms with Crippen molar-refractivity contribution in [3.63, 3.8) is 0 Å². The number of imidazole rings is 1. The molecule has 6 heteroatoms. The van der Waals surface area contributed by atoms with Gasteiger partial charge < -0.3 is 9.97 Å². The minimum absolute atomic E-state index is 0.0297. The molecule has 1 unspecified atom stereocenters. The number of halogens is 3. The summed E-state index contributed by atoms with van der Waals surface area (Å²) in [5.74, 6) is 0.816. The van der Waals surface area contributed by atoms with E-state index in [1.807, 2.05) is 48.7 Å². The zero-order chi connectivity index (χ0) is 20.0. The minimum Gasteiger partial charge on any atom is -0.360 e. The Morgan fingerprint density at radius 3 is 2.69 bits per heavy atom. The Hall–Kier alpha value is -2.27. The Morgan fingerprint density at radius 2 is 1.93 bits per heavy atom. The lowest BCUT2D eigenvalue weighted by Crippen LogP contribution is -1.98. The van der Waals surface area contributed by atoms with Gasteiger partial charge in [-0.05, 0) is 42.3 Å². The number of rotatable bonds is 3. The van der Waals surface area contributed by atoms with Crippen LogP contribution in [0.3, 0.4) is 0 Å². The predicted molar refractivity (Wildman–Crippen MR) is 125 cm³/mol.